The lowest BCUT2D eigenvalue weighted by atomic mass is 10.3. The molecule has 20 heavy (non-hydrogen) atoms. The van der Waals surface area contributed by atoms with Crippen molar-refractivity contribution < 1.29 is 12.8 Å². The molecule has 0 aliphatic carbocycles. The minimum atomic E-state index is -3.83. The van der Waals surface area contributed by atoms with Crippen molar-refractivity contribution in [2.24, 2.45) is 0 Å². The van der Waals surface area contributed by atoms with Crippen molar-refractivity contribution >= 4 is 47.7 Å². The van der Waals surface area contributed by atoms with E-state index in [0.717, 1.165) is 16.6 Å². The number of aryl methyl sites for hydroxylation is 1. The van der Waals surface area contributed by atoms with Crippen molar-refractivity contribution in [1.82, 2.24) is 4.98 Å². The number of benzene rings is 1. The van der Waals surface area contributed by atoms with Gasteiger partial charge >= 0.3 is 0 Å². The first kappa shape index (κ1) is 15.4. The van der Waals surface area contributed by atoms with Gasteiger partial charge in [0.25, 0.3) is 10.0 Å². The van der Waals surface area contributed by atoms with Gasteiger partial charge in [-0.05, 0) is 69.1 Å². The van der Waals surface area contributed by atoms with Gasteiger partial charge in [0.1, 0.15) is 16.5 Å². The Labute approximate surface area is 132 Å². The Bertz CT molecular complexity index is 766. The number of nitrogens with zero attached hydrogens (tertiary/aromatic N) is 1. The lowest BCUT2D eigenvalue weighted by Gasteiger charge is -2.10. The highest BCUT2D eigenvalue weighted by Gasteiger charge is 2.19. The van der Waals surface area contributed by atoms with Crippen LogP contribution in [0.15, 0.2) is 44.2 Å². The quantitative estimate of drug-likeness (QED) is 0.815. The van der Waals surface area contributed by atoms with Crippen molar-refractivity contribution in [2.45, 2.75) is 11.8 Å². The first-order valence-electron chi connectivity index (χ1n) is 5.40. The van der Waals surface area contributed by atoms with E-state index < -0.39 is 15.8 Å². The summed E-state index contributed by atoms with van der Waals surface area (Å²) in [5.41, 5.74) is 0.656. The van der Waals surface area contributed by atoms with Crippen LogP contribution in [0.2, 0.25) is 0 Å². The van der Waals surface area contributed by atoms with Crippen LogP contribution >= 0.6 is 31.9 Å². The summed E-state index contributed by atoms with van der Waals surface area (Å²) in [4.78, 5) is 4.05. The van der Waals surface area contributed by atoms with Crippen LogP contribution in [0.1, 0.15) is 5.69 Å². The van der Waals surface area contributed by atoms with Crippen molar-refractivity contribution in [3.63, 3.8) is 0 Å². The Balaban J connectivity index is 2.38. The number of sulfonamides is 1. The predicted octanol–water partition coefficient (Wildman–Crippen LogP) is 3.85. The molecule has 0 aliphatic heterocycles. The maximum Gasteiger partial charge on any atom is 0.264 e. The third kappa shape index (κ3) is 3.36. The molecule has 0 fully saturated rings. The number of hydrogen-bond acceptors (Lipinski definition) is 3. The highest BCUT2D eigenvalue weighted by molar-refractivity contribution is 9.10. The third-order valence-corrected chi connectivity index (χ3v) is 5.61. The molecule has 0 bridgehead atoms. The standard InChI is InChI=1S/C12H9Br2FN2O2S/c1-7-9(13)3-5-12(16-7)17-20(18,19)11-4-2-8(15)6-10(11)14/h2-6H,1H3,(H,16,17). The van der Waals surface area contributed by atoms with Gasteiger partial charge in [-0.25, -0.2) is 17.8 Å². The van der Waals surface area contributed by atoms with Gasteiger partial charge in [0.05, 0.1) is 5.69 Å². The average molecular weight is 424 g/mol. The van der Waals surface area contributed by atoms with E-state index in [2.05, 4.69) is 41.6 Å². The fourth-order valence-electron chi connectivity index (χ4n) is 1.49. The zero-order valence-electron chi connectivity index (χ0n) is 10.2. The minimum absolute atomic E-state index is 0.0544. The van der Waals surface area contributed by atoms with Crippen LogP contribution in [0.5, 0.6) is 0 Å². The second-order valence-corrected chi connectivity index (χ2v) is 7.30. The zero-order chi connectivity index (χ0) is 14.9. The maximum absolute atomic E-state index is 13.0. The van der Waals surface area contributed by atoms with Gasteiger partial charge in [-0.3, -0.25) is 4.72 Å². The maximum atomic E-state index is 13.0. The Hall–Kier alpha value is -0.990. The Kier molecular flexibility index (Phi) is 4.46. The van der Waals surface area contributed by atoms with Gasteiger partial charge in [-0.15, -0.1) is 0 Å². The molecule has 2 rings (SSSR count). The molecule has 0 atom stereocenters. The topological polar surface area (TPSA) is 59.1 Å². The number of aromatic nitrogens is 1. The second-order valence-electron chi connectivity index (χ2n) is 3.94. The number of anilines is 1. The molecule has 0 spiro atoms. The van der Waals surface area contributed by atoms with Crippen molar-refractivity contribution in [3.8, 4) is 0 Å². The van der Waals surface area contributed by atoms with Crippen LogP contribution in [0.3, 0.4) is 0 Å². The lowest BCUT2D eigenvalue weighted by molar-refractivity contribution is 0.598. The molecule has 0 amide bonds. The van der Waals surface area contributed by atoms with Gasteiger partial charge in [-0.1, -0.05) is 0 Å². The molecule has 0 radical (unpaired) electrons. The third-order valence-electron chi connectivity index (χ3n) is 2.44. The second kappa shape index (κ2) is 5.79. The van der Waals surface area contributed by atoms with Gasteiger partial charge < -0.3 is 0 Å². The van der Waals surface area contributed by atoms with Crippen LogP contribution in [-0.4, -0.2) is 13.4 Å². The molecule has 1 heterocycles. The molecule has 0 aliphatic rings. The molecule has 1 N–H and O–H groups in total. The van der Waals surface area contributed by atoms with Crippen LogP contribution < -0.4 is 4.72 Å². The van der Waals surface area contributed by atoms with E-state index in [-0.39, 0.29) is 15.2 Å². The number of pyridine rings is 1. The Morgan fingerprint density at radius 3 is 2.45 bits per heavy atom. The summed E-state index contributed by atoms with van der Waals surface area (Å²) in [6.07, 6.45) is 0. The zero-order valence-corrected chi connectivity index (χ0v) is 14.2. The van der Waals surface area contributed by atoms with Gasteiger partial charge in [-0.2, -0.15) is 0 Å². The van der Waals surface area contributed by atoms with Crippen molar-refractivity contribution in [1.29, 1.82) is 0 Å². The molecular weight excluding hydrogens is 415 g/mol. The molecule has 106 valence electrons. The van der Waals surface area contributed by atoms with Crippen LogP contribution in [0.4, 0.5) is 10.2 Å². The molecule has 0 saturated carbocycles. The normalized spacial score (nSPS) is 11.4. The fourth-order valence-corrected chi connectivity index (χ4v) is 3.76. The van der Waals surface area contributed by atoms with Crippen LogP contribution in [0, 0.1) is 12.7 Å². The Morgan fingerprint density at radius 1 is 1.15 bits per heavy atom. The number of halogens is 3. The Morgan fingerprint density at radius 2 is 1.85 bits per heavy atom. The molecule has 8 heteroatoms. The SMILES string of the molecule is Cc1nc(NS(=O)(=O)c2ccc(F)cc2Br)ccc1Br. The van der Waals surface area contributed by atoms with Crippen molar-refractivity contribution in [3.05, 3.63) is 50.8 Å². The summed E-state index contributed by atoms with van der Waals surface area (Å²) >= 11 is 6.32. The van der Waals surface area contributed by atoms with E-state index in [0.29, 0.717) is 5.69 Å². The summed E-state index contributed by atoms with van der Waals surface area (Å²) in [6.45, 7) is 1.75. The van der Waals surface area contributed by atoms with Crippen molar-refractivity contribution in [2.75, 3.05) is 4.72 Å². The molecule has 1 aromatic carbocycles. The summed E-state index contributed by atoms with van der Waals surface area (Å²) in [6, 6.07) is 6.59. The smallest absolute Gasteiger partial charge is 0.263 e. The van der Waals surface area contributed by atoms with Gasteiger partial charge in [0, 0.05) is 8.95 Å². The summed E-state index contributed by atoms with van der Waals surface area (Å²) in [5, 5.41) is 0. The monoisotopic (exact) mass is 422 g/mol. The van der Waals surface area contributed by atoms with E-state index in [4.69, 9.17) is 0 Å². The van der Waals surface area contributed by atoms with Crippen LogP contribution in [-0.2, 0) is 10.0 Å². The summed E-state index contributed by atoms with van der Waals surface area (Å²) in [5.74, 6) is -0.324. The molecule has 0 unspecified atom stereocenters. The highest BCUT2D eigenvalue weighted by Crippen LogP contribution is 2.25. The van der Waals surface area contributed by atoms with Gasteiger partial charge in [0.15, 0.2) is 0 Å². The number of rotatable bonds is 3. The molecular formula is C12H9Br2FN2O2S. The lowest BCUT2D eigenvalue weighted by Crippen LogP contribution is -2.14. The predicted molar refractivity (Wildman–Crippen MR) is 81.6 cm³/mol. The van der Waals surface area contributed by atoms with Gasteiger partial charge in [0.2, 0.25) is 0 Å². The largest absolute Gasteiger partial charge is 0.264 e. The summed E-state index contributed by atoms with van der Waals surface area (Å²) < 4.78 is 40.7. The fraction of sp³-hybridized carbons (Fsp3) is 0.0833. The summed E-state index contributed by atoms with van der Waals surface area (Å²) in [7, 11) is -3.83. The number of hydrogen-bond donors (Lipinski definition) is 1. The first-order chi connectivity index (χ1) is 9.29. The molecule has 4 nitrogen and oxygen atoms in total. The van der Waals surface area contributed by atoms with E-state index in [1.807, 2.05) is 0 Å². The van der Waals surface area contributed by atoms with E-state index in [1.165, 1.54) is 12.1 Å². The molecule has 2 aromatic rings. The van der Waals surface area contributed by atoms with E-state index >= 15 is 0 Å². The molecule has 0 saturated heterocycles. The first-order valence-corrected chi connectivity index (χ1v) is 8.47. The molecule has 1 aromatic heterocycles. The minimum Gasteiger partial charge on any atom is -0.263 e. The van der Waals surface area contributed by atoms with Crippen LogP contribution in [0.25, 0.3) is 0 Å². The number of nitrogens with one attached hydrogen (secondary N) is 1. The average Bonchev–Trinajstić information content (AvgIpc) is 2.33. The highest BCUT2D eigenvalue weighted by atomic mass is 79.9. The van der Waals surface area contributed by atoms with E-state index in [1.54, 1.807) is 13.0 Å². The van der Waals surface area contributed by atoms with E-state index in [9.17, 15) is 12.8 Å².